The Balaban J connectivity index is 2.13. The minimum atomic E-state index is 0.241. The van der Waals surface area contributed by atoms with Crippen molar-refractivity contribution in [3.05, 3.63) is 65.7 Å². The molecule has 0 aliphatic carbocycles. The molecule has 4 nitrogen and oxygen atoms in total. The highest BCUT2D eigenvalue weighted by molar-refractivity contribution is 5.80. The van der Waals surface area contributed by atoms with Gasteiger partial charge >= 0.3 is 0 Å². The highest BCUT2D eigenvalue weighted by Crippen LogP contribution is 2.32. The van der Waals surface area contributed by atoms with Gasteiger partial charge in [-0.1, -0.05) is 35.9 Å². The summed E-state index contributed by atoms with van der Waals surface area (Å²) in [4.78, 5) is 4.42. The summed E-state index contributed by atoms with van der Waals surface area (Å²) in [5.74, 6) is 1.04. The number of nitriles is 1. The van der Waals surface area contributed by atoms with Crippen molar-refractivity contribution >= 4 is 5.82 Å². The number of nitrogens with two attached hydrogens (primary N) is 1. The molecular weight excluding hydrogens is 310 g/mol. The lowest BCUT2D eigenvalue weighted by atomic mass is 9.98. The molecule has 1 aromatic heterocycles. The molecule has 0 spiro atoms. The fourth-order valence-electron chi connectivity index (χ4n) is 2.76. The Morgan fingerprint density at radius 3 is 2.48 bits per heavy atom. The smallest absolute Gasteiger partial charge is 0.142 e. The van der Waals surface area contributed by atoms with Crippen LogP contribution in [0, 0.1) is 18.3 Å². The number of hydrogen-bond acceptors (Lipinski definition) is 4. The van der Waals surface area contributed by atoms with Crippen molar-refractivity contribution in [3.63, 3.8) is 0 Å². The van der Waals surface area contributed by atoms with Crippen molar-refractivity contribution in [1.82, 2.24) is 4.98 Å². The number of pyridine rings is 1. The van der Waals surface area contributed by atoms with Crippen LogP contribution in [0.2, 0.25) is 0 Å². The van der Waals surface area contributed by atoms with Crippen LogP contribution in [0.1, 0.15) is 18.1 Å². The van der Waals surface area contributed by atoms with E-state index in [4.69, 9.17) is 10.5 Å². The van der Waals surface area contributed by atoms with Gasteiger partial charge in [-0.25, -0.2) is 4.98 Å². The van der Waals surface area contributed by atoms with Gasteiger partial charge in [0.25, 0.3) is 0 Å². The van der Waals surface area contributed by atoms with Gasteiger partial charge in [-0.15, -0.1) is 0 Å². The van der Waals surface area contributed by atoms with Crippen molar-refractivity contribution in [2.24, 2.45) is 0 Å². The van der Waals surface area contributed by atoms with Crippen LogP contribution in [0.15, 0.2) is 54.6 Å². The molecule has 0 aliphatic rings. The Hall–Kier alpha value is -3.32. The number of aryl methyl sites for hydroxylation is 1. The lowest BCUT2D eigenvalue weighted by Gasteiger charge is -2.11. The highest BCUT2D eigenvalue weighted by Gasteiger charge is 2.13. The van der Waals surface area contributed by atoms with Gasteiger partial charge in [0.2, 0.25) is 0 Å². The first-order valence-corrected chi connectivity index (χ1v) is 8.13. The van der Waals surface area contributed by atoms with Crippen molar-refractivity contribution in [2.45, 2.75) is 13.8 Å². The highest BCUT2D eigenvalue weighted by atomic mass is 16.5. The Morgan fingerprint density at radius 2 is 1.84 bits per heavy atom. The zero-order valence-corrected chi connectivity index (χ0v) is 14.3. The molecule has 0 unspecified atom stereocenters. The molecule has 2 aromatic carbocycles. The molecule has 4 heteroatoms. The average Bonchev–Trinajstić information content (AvgIpc) is 2.62. The molecular formula is C21H19N3O. The predicted molar refractivity (Wildman–Crippen MR) is 100 cm³/mol. The number of anilines is 1. The third kappa shape index (κ3) is 3.46. The van der Waals surface area contributed by atoms with Gasteiger partial charge in [-0.3, -0.25) is 0 Å². The van der Waals surface area contributed by atoms with Crippen molar-refractivity contribution in [2.75, 3.05) is 12.3 Å². The molecule has 0 radical (unpaired) electrons. The first-order valence-electron chi connectivity index (χ1n) is 8.13. The van der Waals surface area contributed by atoms with Gasteiger partial charge in [-0.2, -0.15) is 5.26 Å². The predicted octanol–water partition coefficient (Wildman–Crippen LogP) is 4.58. The van der Waals surface area contributed by atoms with Crippen LogP contribution in [0.5, 0.6) is 5.75 Å². The van der Waals surface area contributed by atoms with E-state index in [0.29, 0.717) is 12.2 Å². The zero-order chi connectivity index (χ0) is 17.8. The molecule has 0 amide bonds. The molecule has 0 fully saturated rings. The molecule has 0 aliphatic heterocycles. The van der Waals surface area contributed by atoms with E-state index in [1.807, 2.05) is 62.4 Å². The first kappa shape index (κ1) is 16.5. The summed E-state index contributed by atoms with van der Waals surface area (Å²) in [7, 11) is 0. The maximum absolute atomic E-state index is 9.51. The monoisotopic (exact) mass is 329 g/mol. The standard InChI is InChI=1S/C21H19N3O/c1-3-25-17-9-7-15(8-10-17)18-12-20(24-21(23)19(18)13-22)16-6-4-5-14(2)11-16/h4-12H,3H2,1-2H3,(H2,23,24). The second-order valence-electron chi connectivity index (χ2n) is 5.75. The second-order valence-corrected chi connectivity index (χ2v) is 5.75. The van der Waals surface area contributed by atoms with Crippen molar-refractivity contribution in [1.29, 1.82) is 5.26 Å². The molecule has 1 heterocycles. The van der Waals surface area contributed by atoms with Crippen LogP contribution in [-0.4, -0.2) is 11.6 Å². The SMILES string of the molecule is CCOc1ccc(-c2cc(-c3cccc(C)c3)nc(N)c2C#N)cc1. The normalized spacial score (nSPS) is 10.3. The Kier molecular flexibility index (Phi) is 4.67. The lowest BCUT2D eigenvalue weighted by molar-refractivity contribution is 0.340. The zero-order valence-electron chi connectivity index (χ0n) is 14.3. The molecule has 2 N–H and O–H groups in total. The van der Waals surface area contributed by atoms with E-state index in [0.717, 1.165) is 33.7 Å². The van der Waals surface area contributed by atoms with Crippen LogP contribution in [0.4, 0.5) is 5.82 Å². The summed E-state index contributed by atoms with van der Waals surface area (Å²) in [6.07, 6.45) is 0. The van der Waals surface area contributed by atoms with Crippen LogP contribution >= 0.6 is 0 Å². The second kappa shape index (κ2) is 7.06. The summed E-state index contributed by atoms with van der Waals surface area (Å²) in [5.41, 5.74) is 11.0. The third-order valence-corrected chi connectivity index (χ3v) is 3.95. The first-order chi connectivity index (χ1) is 12.1. The number of nitrogen functional groups attached to an aromatic ring is 1. The number of benzene rings is 2. The molecule has 3 rings (SSSR count). The minimum absolute atomic E-state index is 0.241. The van der Waals surface area contributed by atoms with Crippen LogP contribution in [0.25, 0.3) is 22.4 Å². The van der Waals surface area contributed by atoms with Gasteiger partial charge in [-0.05, 0) is 43.7 Å². The van der Waals surface area contributed by atoms with E-state index in [-0.39, 0.29) is 5.82 Å². The number of ether oxygens (including phenoxy) is 1. The van der Waals surface area contributed by atoms with Crippen molar-refractivity contribution in [3.8, 4) is 34.2 Å². The topological polar surface area (TPSA) is 71.9 Å². The third-order valence-electron chi connectivity index (χ3n) is 3.95. The summed E-state index contributed by atoms with van der Waals surface area (Å²) in [6, 6.07) is 19.8. The number of hydrogen-bond donors (Lipinski definition) is 1. The number of nitrogens with zero attached hydrogens (tertiary/aromatic N) is 2. The van der Waals surface area contributed by atoms with Crippen LogP contribution in [0.3, 0.4) is 0 Å². The van der Waals surface area contributed by atoms with Gasteiger partial charge in [0, 0.05) is 11.1 Å². The molecule has 25 heavy (non-hydrogen) atoms. The van der Waals surface area contributed by atoms with Gasteiger partial charge in [0.05, 0.1) is 12.3 Å². The fourth-order valence-corrected chi connectivity index (χ4v) is 2.76. The minimum Gasteiger partial charge on any atom is -0.494 e. The summed E-state index contributed by atoms with van der Waals surface area (Å²) in [5, 5.41) is 9.51. The maximum Gasteiger partial charge on any atom is 0.142 e. The van der Waals surface area contributed by atoms with Crippen molar-refractivity contribution < 1.29 is 4.74 Å². The summed E-state index contributed by atoms with van der Waals surface area (Å²) >= 11 is 0. The molecule has 3 aromatic rings. The molecule has 0 bridgehead atoms. The van der Waals surface area contributed by atoms with Crippen LogP contribution < -0.4 is 10.5 Å². The molecule has 0 saturated heterocycles. The largest absolute Gasteiger partial charge is 0.494 e. The van der Waals surface area contributed by atoms with E-state index in [2.05, 4.69) is 17.1 Å². The Labute approximate surface area is 147 Å². The average molecular weight is 329 g/mol. The van der Waals surface area contributed by atoms with E-state index < -0.39 is 0 Å². The van der Waals surface area contributed by atoms with Gasteiger partial charge in [0.1, 0.15) is 23.2 Å². The lowest BCUT2D eigenvalue weighted by Crippen LogP contribution is -2.00. The molecule has 0 saturated carbocycles. The Bertz CT molecular complexity index is 940. The maximum atomic E-state index is 9.51. The van der Waals surface area contributed by atoms with Gasteiger partial charge < -0.3 is 10.5 Å². The van der Waals surface area contributed by atoms with Gasteiger partial charge in [0.15, 0.2) is 0 Å². The number of aromatic nitrogens is 1. The quantitative estimate of drug-likeness (QED) is 0.760. The molecule has 124 valence electrons. The van der Waals surface area contributed by atoms with E-state index in [1.54, 1.807) is 0 Å². The van der Waals surface area contributed by atoms with Crippen LogP contribution in [-0.2, 0) is 0 Å². The number of rotatable bonds is 4. The summed E-state index contributed by atoms with van der Waals surface area (Å²) in [6.45, 7) is 4.59. The van der Waals surface area contributed by atoms with E-state index in [1.165, 1.54) is 0 Å². The summed E-state index contributed by atoms with van der Waals surface area (Å²) < 4.78 is 5.48. The Morgan fingerprint density at radius 1 is 1.08 bits per heavy atom. The fraction of sp³-hybridized carbons (Fsp3) is 0.143. The van der Waals surface area contributed by atoms with E-state index in [9.17, 15) is 5.26 Å². The molecule has 0 atom stereocenters. The van der Waals surface area contributed by atoms with E-state index >= 15 is 0 Å².